The van der Waals surface area contributed by atoms with E-state index < -0.39 is 6.04 Å². The van der Waals surface area contributed by atoms with Crippen LogP contribution in [0, 0.1) is 0 Å². The van der Waals surface area contributed by atoms with E-state index in [1.807, 2.05) is 36.4 Å². The molecule has 2 aliphatic rings. The highest BCUT2D eigenvalue weighted by Crippen LogP contribution is 2.40. The summed E-state index contributed by atoms with van der Waals surface area (Å²) >= 11 is 0. The topological polar surface area (TPSA) is 75.9 Å². The molecule has 0 unspecified atom stereocenters. The number of nitrogens with zero attached hydrogens (tertiary/aromatic N) is 3. The Kier molecular flexibility index (Phi) is 5.43. The lowest BCUT2D eigenvalue weighted by molar-refractivity contribution is -0.157. The maximum absolute atomic E-state index is 13.1. The molecule has 1 aromatic heterocycles. The molecular weight excluding hydrogens is 358 g/mol. The fraction of sp³-hybridized carbons (Fsp3) is 0.476. The van der Waals surface area contributed by atoms with Gasteiger partial charge in [-0.15, -0.1) is 0 Å². The first-order valence-corrected chi connectivity index (χ1v) is 9.72. The number of carbonyl (C=O) groups excluding carboxylic acids is 2. The van der Waals surface area contributed by atoms with Gasteiger partial charge in [-0.25, -0.2) is 0 Å². The largest absolute Gasteiger partial charge is 0.383 e. The van der Waals surface area contributed by atoms with Gasteiger partial charge in [0.1, 0.15) is 17.5 Å². The Morgan fingerprint density at radius 1 is 1.21 bits per heavy atom. The third-order valence-corrected chi connectivity index (χ3v) is 5.35. The van der Waals surface area contributed by atoms with Crippen molar-refractivity contribution in [1.29, 1.82) is 0 Å². The Morgan fingerprint density at radius 2 is 2.00 bits per heavy atom. The van der Waals surface area contributed by atoms with Gasteiger partial charge in [0.2, 0.25) is 11.8 Å². The summed E-state index contributed by atoms with van der Waals surface area (Å²) in [7, 11) is 1.59. The van der Waals surface area contributed by atoms with Crippen molar-refractivity contribution in [3.63, 3.8) is 0 Å². The van der Waals surface area contributed by atoms with Crippen LogP contribution >= 0.6 is 0 Å². The van der Waals surface area contributed by atoms with Gasteiger partial charge in [-0.05, 0) is 18.4 Å². The van der Waals surface area contributed by atoms with Crippen molar-refractivity contribution in [2.75, 3.05) is 26.8 Å². The van der Waals surface area contributed by atoms with Gasteiger partial charge in [-0.1, -0.05) is 35.5 Å². The summed E-state index contributed by atoms with van der Waals surface area (Å²) in [6.07, 6.45) is 2.73. The number of rotatable bonds is 8. The van der Waals surface area contributed by atoms with Crippen molar-refractivity contribution in [2.24, 2.45) is 0 Å². The van der Waals surface area contributed by atoms with E-state index in [2.05, 4.69) is 5.16 Å². The van der Waals surface area contributed by atoms with Crippen LogP contribution in [0.25, 0.3) is 0 Å². The molecule has 1 aliphatic heterocycles. The molecule has 148 valence electrons. The fourth-order valence-corrected chi connectivity index (χ4v) is 3.61. The number of hydrogen-bond acceptors (Lipinski definition) is 5. The summed E-state index contributed by atoms with van der Waals surface area (Å²) in [5, 5.41) is 4.13. The second-order valence-electron chi connectivity index (χ2n) is 7.47. The van der Waals surface area contributed by atoms with E-state index in [0.29, 0.717) is 31.2 Å². The average Bonchev–Trinajstić information content (AvgIpc) is 3.45. The van der Waals surface area contributed by atoms with Crippen LogP contribution in [0.1, 0.15) is 35.8 Å². The van der Waals surface area contributed by atoms with Crippen molar-refractivity contribution < 1.29 is 18.8 Å². The maximum atomic E-state index is 13.1. The lowest BCUT2D eigenvalue weighted by Crippen LogP contribution is -2.60. The lowest BCUT2D eigenvalue weighted by atomic mass is 10.0. The van der Waals surface area contributed by atoms with Gasteiger partial charge in [-0.2, -0.15) is 0 Å². The monoisotopic (exact) mass is 383 g/mol. The lowest BCUT2D eigenvalue weighted by Gasteiger charge is -2.40. The number of carbonyl (C=O) groups is 2. The molecule has 2 amide bonds. The van der Waals surface area contributed by atoms with Gasteiger partial charge in [0.25, 0.3) is 0 Å². The molecule has 1 saturated carbocycles. The van der Waals surface area contributed by atoms with Gasteiger partial charge in [0.05, 0.1) is 19.7 Å². The molecule has 0 bridgehead atoms. The number of ether oxygens (including phenoxy) is 1. The molecule has 2 aromatic rings. The highest BCUT2D eigenvalue weighted by atomic mass is 16.5. The standard InChI is InChI=1S/C21H25N3O4/c1-27-10-9-23-14-20(25)24(13-17-12-19(28-22-17)16-7-8-16)18(21(23)26)11-15-5-3-2-4-6-15/h2-6,12,16,18H,7-11,13-14H2,1H3/t18-/m1/s1. The van der Waals surface area contributed by atoms with Crippen LogP contribution in [0.4, 0.5) is 0 Å². The first-order valence-electron chi connectivity index (χ1n) is 9.72. The number of amides is 2. The zero-order chi connectivity index (χ0) is 19.5. The average molecular weight is 383 g/mol. The summed E-state index contributed by atoms with van der Waals surface area (Å²) in [5.41, 5.74) is 1.72. The Balaban J connectivity index is 1.55. The van der Waals surface area contributed by atoms with Crippen LogP contribution < -0.4 is 0 Å². The van der Waals surface area contributed by atoms with Crippen molar-refractivity contribution in [3.8, 4) is 0 Å². The summed E-state index contributed by atoms with van der Waals surface area (Å²) in [6, 6.07) is 11.1. The van der Waals surface area contributed by atoms with Crippen molar-refractivity contribution >= 4 is 11.8 Å². The van der Waals surface area contributed by atoms with Crippen LogP contribution in [-0.4, -0.2) is 59.6 Å². The predicted molar refractivity (Wildman–Crippen MR) is 101 cm³/mol. The molecule has 7 heteroatoms. The van der Waals surface area contributed by atoms with Gasteiger partial charge in [-0.3, -0.25) is 9.59 Å². The third kappa shape index (κ3) is 4.09. The maximum Gasteiger partial charge on any atom is 0.246 e. The molecule has 2 heterocycles. The van der Waals surface area contributed by atoms with Crippen LogP contribution in [0.2, 0.25) is 0 Å². The second-order valence-corrected chi connectivity index (χ2v) is 7.47. The normalized spacial score (nSPS) is 20.1. The molecule has 0 N–H and O–H groups in total. The molecular formula is C21H25N3O4. The second kappa shape index (κ2) is 8.14. The minimum absolute atomic E-state index is 0.0496. The minimum Gasteiger partial charge on any atom is -0.383 e. The summed E-state index contributed by atoms with van der Waals surface area (Å²) in [5.74, 6) is 1.22. The van der Waals surface area contributed by atoms with Gasteiger partial charge in [0, 0.05) is 32.1 Å². The molecule has 1 saturated heterocycles. The van der Waals surface area contributed by atoms with E-state index in [4.69, 9.17) is 9.26 Å². The number of aromatic nitrogens is 1. The summed E-state index contributed by atoms with van der Waals surface area (Å²) in [6.45, 7) is 1.18. The highest BCUT2D eigenvalue weighted by molar-refractivity contribution is 5.95. The Morgan fingerprint density at radius 3 is 2.71 bits per heavy atom. The van der Waals surface area contributed by atoms with E-state index in [0.717, 1.165) is 24.2 Å². The van der Waals surface area contributed by atoms with E-state index in [9.17, 15) is 9.59 Å². The summed E-state index contributed by atoms with van der Waals surface area (Å²) in [4.78, 5) is 29.3. The van der Waals surface area contributed by atoms with Crippen LogP contribution in [0.15, 0.2) is 40.9 Å². The molecule has 0 spiro atoms. The molecule has 7 nitrogen and oxygen atoms in total. The zero-order valence-corrected chi connectivity index (χ0v) is 16.0. The van der Waals surface area contributed by atoms with Gasteiger partial charge >= 0.3 is 0 Å². The number of piperazine rings is 1. The molecule has 0 radical (unpaired) electrons. The molecule has 4 rings (SSSR count). The Labute approximate surface area is 164 Å². The third-order valence-electron chi connectivity index (χ3n) is 5.35. The SMILES string of the molecule is COCCN1CC(=O)N(Cc2cc(C3CC3)on2)[C@H](Cc2ccccc2)C1=O. The molecule has 28 heavy (non-hydrogen) atoms. The molecule has 1 aliphatic carbocycles. The molecule has 1 aromatic carbocycles. The van der Waals surface area contributed by atoms with E-state index in [-0.39, 0.29) is 24.9 Å². The minimum atomic E-state index is -0.554. The van der Waals surface area contributed by atoms with Crippen molar-refractivity contribution in [1.82, 2.24) is 15.0 Å². The van der Waals surface area contributed by atoms with E-state index in [1.165, 1.54) is 0 Å². The highest BCUT2D eigenvalue weighted by Gasteiger charge is 2.39. The quantitative estimate of drug-likeness (QED) is 0.697. The Hall–Kier alpha value is -2.67. The molecule has 1 atom stereocenters. The first-order chi connectivity index (χ1) is 13.7. The smallest absolute Gasteiger partial charge is 0.246 e. The Bertz CT molecular complexity index is 831. The number of methoxy groups -OCH3 is 1. The number of benzene rings is 1. The zero-order valence-electron chi connectivity index (χ0n) is 16.0. The van der Waals surface area contributed by atoms with Crippen LogP contribution in [-0.2, 0) is 27.3 Å². The number of hydrogen-bond donors (Lipinski definition) is 0. The van der Waals surface area contributed by atoms with Crippen molar-refractivity contribution in [2.45, 2.75) is 37.8 Å². The van der Waals surface area contributed by atoms with Crippen molar-refractivity contribution in [3.05, 3.63) is 53.4 Å². The van der Waals surface area contributed by atoms with Gasteiger partial charge in [0.15, 0.2) is 0 Å². The van der Waals surface area contributed by atoms with Crippen LogP contribution in [0.3, 0.4) is 0 Å². The molecule has 2 fully saturated rings. The fourth-order valence-electron chi connectivity index (χ4n) is 3.61. The van der Waals surface area contributed by atoms with Crippen LogP contribution in [0.5, 0.6) is 0 Å². The van der Waals surface area contributed by atoms with E-state index in [1.54, 1.807) is 16.9 Å². The van der Waals surface area contributed by atoms with E-state index >= 15 is 0 Å². The first kappa shape index (κ1) is 18.7. The van der Waals surface area contributed by atoms with Gasteiger partial charge < -0.3 is 19.1 Å². The summed E-state index contributed by atoms with van der Waals surface area (Å²) < 4.78 is 10.5. The predicted octanol–water partition coefficient (Wildman–Crippen LogP) is 1.98.